The largest absolute Gasteiger partial charge is 0.496 e. The molecule has 0 amide bonds. The number of ether oxygens (including phenoxy) is 1. The molecular weight excluding hydrogens is 334 g/mol. The average Bonchev–Trinajstić information content (AvgIpc) is 3.12. The second kappa shape index (κ2) is 6.32. The van der Waals surface area contributed by atoms with Crippen molar-refractivity contribution in [3.05, 3.63) is 96.1 Å². The van der Waals surface area contributed by atoms with Gasteiger partial charge in [0.15, 0.2) is 0 Å². The van der Waals surface area contributed by atoms with Gasteiger partial charge in [0.05, 0.1) is 24.2 Å². The second-order valence-corrected chi connectivity index (χ2v) is 6.55. The Bertz CT molecular complexity index is 1140. The first-order chi connectivity index (χ1) is 13.3. The van der Waals surface area contributed by atoms with Crippen LogP contribution in [-0.4, -0.2) is 16.7 Å². The molecule has 3 aromatic carbocycles. The van der Waals surface area contributed by atoms with Crippen molar-refractivity contribution in [2.45, 2.75) is 6.04 Å². The lowest BCUT2D eigenvalue weighted by molar-refractivity contribution is 0.406. The van der Waals surface area contributed by atoms with Crippen molar-refractivity contribution in [2.75, 3.05) is 12.4 Å². The predicted molar refractivity (Wildman–Crippen MR) is 109 cm³/mol. The van der Waals surface area contributed by atoms with Crippen LogP contribution in [0.4, 0.5) is 5.95 Å². The van der Waals surface area contributed by atoms with Gasteiger partial charge >= 0.3 is 0 Å². The van der Waals surface area contributed by atoms with Crippen molar-refractivity contribution >= 4 is 22.7 Å². The van der Waals surface area contributed by atoms with E-state index in [1.54, 1.807) is 7.11 Å². The molecule has 132 valence electrons. The third kappa shape index (κ3) is 2.57. The van der Waals surface area contributed by atoms with Crippen molar-refractivity contribution in [3.63, 3.8) is 0 Å². The number of methoxy groups -OCH3 is 1. The van der Waals surface area contributed by atoms with E-state index in [9.17, 15) is 0 Å². The molecule has 1 aliphatic rings. The van der Waals surface area contributed by atoms with Gasteiger partial charge < -0.3 is 10.1 Å². The van der Waals surface area contributed by atoms with Gasteiger partial charge in [-0.25, -0.2) is 4.98 Å². The highest BCUT2D eigenvalue weighted by molar-refractivity contribution is 5.85. The summed E-state index contributed by atoms with van der Waals surface area (Å²) < 4.78 is 7.90. The number of allylic oxidation sites excluding steroid dienone is 1. The molecule has 0 spiro atoms. The minimum absolute atomic E-state index is 0.0139. The maximum atomic E-state index is 5.66. The number of rotatable bonds is 3. The lowest BCUT2D eigenvalue weighted by atomic mass is 10.00. The molecule has 5 rings (SSSR count). The third-order valence-corrected chi connectivity index (χ3v) is 4.99. The Balaban J connectivity index is 1.76. The lowest BCUT2D eigenvalue weighted by Gasteiger charge is -2.27. The van der Waals surface area contributed by atoms with Gasteiger partial charge in [-0.05, 0) is 29.8 Å². The monoisotopic (exact) mass is 353 g/mol. The molecule has 0 radical (unpaired) electrons. The van der Waals surface area contributed by atoms with E-state index in [-0.39, 0.29) is 6.04 Å². The minimum Gasteiger partial charge on any atom is -0.496 e. The first-order valence-corrected chi connectivity index (χ1v) is 8.99. The fourth-order valence-corrected chi connectivity index (χ4v) is 3.73. The molecule has 4 nitrogen and oxygen atoms in total. The Labute approximate surface area is 157 Å². The molecule has 0 aliphatic carbocycles. The van der Waals surface area contributed by atoms with E-state index in [0.29, 0.717) is 0 Å². The number of hydrogen-bond donors (Lipinski definition) is 1. The highest BCUT2D eigenvalue weighted by atomic mass is 16.5. The Morgan fingerprint density at radius 2 is 1.63 bits per heavy atom. The molecule has 1 N–H and O–H groups in total. The Kier molecular flexibility index (Phi) is 3.68. The van der Waals surface area contributed by atoms with Gasteiger partial charge in [-0.3, -0.25) is 4.57 Å². The number of imidazole rings is 1. The number of nitrogens with zero attached hydrogens (tertiary/aromatic N) is 2. The molecule has 0 unspecified atom stereocenters. The zero-order chi connectivity index (χ0) is 18.2. The maximum absolute atomic E-state index is 5.66. The zero-order valence-electron chi connectivity index (χ0n) is 15.0. The van der Waals surface area contributed by atoms with Crippen molar-refractivity contribution in [2.24, 2.45) is 0 Å². The number of hydrogen-bond acceptors (Lipinski definition) is 3. The van der Waals surface area contributed by atoms with Crippen LogP contribution < -0.4 is 10.1 Å². The summed E-state index contributed by atoms with van der Waals surface area (Å²) in [5.74, 6) is 1.71. The topological polar surface area (TPSA) is 39.1 Å². The Hall–Kier alpha value is -3.53. The summed E-state index contributed by atoms with van der Waals surface area (Å²) in [7, 11) is 1.72. The lowest BCUT2D eigenvalue weighted by Crippen LogP contribution is -2.19. The molecule has 2 heterocycles. The summed E-state index contributed by atoms with van der Waals surface area (Å²) in [5.41, 5.74) is 5.37. The molecule has 1 aromatic heterocycles. The van der Waals surface area contributed by atoms with Crippen LogP contribution in [0.1, 0.15) is 17.2 Å². The number of nitrogens with one attached hydrogen (secondary N) is 1. The van der Waals surface area contributed by atoms with Gasteiger partial charge in [0.25, 0.3) is 0 Å². The van der Waals surface area contributed by atoms with E-state index in [1.165, 1.54) is 0 Å². The molecule has 27 heavy (non-hydrogen) atoms. The highest BCUT2D eigenvalue weighted by Gasteiger charge is 2.26. The molecule has 0 fully saturated rings. The van der Waals surface area contributed by atoms with Crippen LogP contribution in [0.2, 0.25) is 0 Å². The molecular formula is C23H19N3O. The maximum Gasteiger partial charge on any atom is 0.209 e. The average molecular weight is 353 g/mol. The zero-order valence-corrected chi connectivity index (χ0v) is 15.0. The number of fused-ring (bicyclic) bond motifs is 3. The fraction of sp³-hybridized carbons (Fsp3) is 0.0870. The van der Waals surface area contributed by atoms with E-state index >= 15 is 0 Å². The van der Waals surface area contributed by atoms with Crippen LogP contribution in [0.15, 0.2) is 84.9 Å². The van der Waals surface area contributed by atoms with Gasteiger partial charge in [-0.2, -0.15) is 0 Å². The van der Waals surface area contributed by atoms with Crippen molar-refractivity contribution in [1.82, 2.24) is 9.55 Å². The van der Waals surface area contributed by atoms with Gasteiger partial charge in [0.1, 0.15) is 5.75 Å². The molecule has 0 saturated heterocycles. The Morgan fingerprint density at radius 3 is 2.48 bits per heavy atom. The van der Waals surface area contributed by atoms with Crippen molar-refractivity contribution in [3.8, 4) is 5.75 Å². The molecule has 0 saturated carbocycles. The number of para-hydroxylation sites is 3. The molecule has 4 aromatic rings. The van der Waals surface area contributed by atoms with Gasteiger partial charge in [0.2, 0.25) is 5.95 Å². The predicted octanol–water partition coefficient (Wildman–Crippen LogP) is 5.10. The van der Waals surface area contributed by atoms with Crippen molar-refractivity contribution < 1.29 is 4.74 Å². The van der Waals surface area contributed by atoms with Crippen LogP contribution in [0, 0.1) is 0 Å². The van der Waals surface area contributed by atoms with Crippen LogP contribution in [0.5, 0.6) is 5.75 Å². The van der Waals surface area contributed by atoms with E-state index < -0.39 is 0 Å². The number of benzene rings is 3. The van der Waals surface area contributed by atoms with E-state index in [1.807, 2.05) is 48.5 Å². The first kappa shape index (κ1) is 15.7. The SMILES string of the molecule is COc1ccccc1[C@@H]1C=C(c2ccccc2)Nc2nc3ccccc3n21. The standard InChI is InChI=1S/C23H19N3O/c1-27-22-14-8-5-11-17(22)21-15-19(16-9-3-2-4-10-16)25-23-24-18-12-6-7-13-20(18)26(21)23/h2-15,21H,1H3,(H,24,25)/t21-/m0/s1. The normalized spacial score (nSPS) is 15.7. The molecule has 1 atom stereocenters. The van der Waals surface area contributed by atoms with Crippen molar-refractivity contribution in [1.29, 1.82) is 0 Å². The van der Waals surface area contributed by atoms with Crippen LogP contribution in [-0.2, 0) is 0 Å². The number of anilines is 1. The Morgan fingerprint density at radius 1 is 0.889 bits per heavy atom. The summed E-state index contributed by atoms with van der Waals surface area (Å²) in [6.45, 7) is 0. The molecule has 0 bridgehead atoms. The van der Waals surface area contributed by atoms with Gasteiger partial charge in [-0.1, -0.05) is 60.7 Å². The van der Waals surface area contributed by atoms with Crippen LogP contribution in [0.3, 0.4) is 0 Å². The summed E-state index contributed by atoms with van der Waals surface area (Å²) in [6, 6.07) is 26.7. The number of aromatic nitrogens is 2. The molecule has 1 aliphatic heterocycles. The van der Waals surface area contributed by atoms with E-state index in [2.05, 4.69) is 46.3 Å². The second-order valence-electron chi connectivity index (χ2n) is 6.55. The highest BCUT2D eigenvalue weighted by Crippen LogP contribution is 2.39. The van der Waals surface area contributed by atoms with Crippen LogP contribution in [0.25, 0.3) is 16.7 Å². The third-order valence-electron chi connectivity index (χ3n) is 4.99. The summed E-state index contributed by atoms with van der Waals surface area (Å²) in [5, 5.41) is 3.51. The fourth-order valence-electron chi connectivity index (χ4n) is 3.73. The summed E-state index contributed by atoms with van der Waals surface area (Å²) >= 11 is 0. The first-order valence-electron chi connectivity index (χ1n) is 8.99. The quantitative estimate of drug-likeness (QED) is 0.557. The smallest absolute Gasteiger partial charge is 0.209 e. The molecule has 4 heteroatoms. The van der Waals surface area contributed by atoms with Gasteiger partial charge in [0, 0.05) is 11.3 Å². The van der Waals surface area contributed by atoms with E-state index in [0.717, 1.165) is 39.6 Å². The van der Waals surface area contributed by atoms with E-state index in [4.69, 9.17) is 9.72 Å². The minimum atomic E-state index is -0.0139. The summed E-state index contributed by atoms with van der Waals surface area (Å²) in [4.78, 5) is 4.83. The van der Waals surface area contributed by atoms with Crippen LogP contribution >= 0.6 is 0 Å². The summed E-state index contributed by atoms with van der Waals surface area (Å²) in [6.07, 6.45) is 2.24. The van der Waals surface area contributed by atoms with Gasteiger partial charge in [-0.15, -0.1) is 0 Å².